The molecule has 0 amide bonds. The van der Waals surface area contributed by atoms with Crippen LogP contribution in [-0.2, 0) is 4.74 Å². The van der Waals surface area contributed by atoms with E-state index >= 15 is 0 Å². The number of hydrogen-bond acceptors (Lipinski definition) is 9. The molecule has 2 heterocycles. The summed E-state index contributed by atoms with van der Waals surface area (Å²) in [6, 6.07) is 7.96. The highest BCUT2D eigenvalue weighted by atomic mass is 16.5. The summed E-state index contributed by atoms with van der Waals surface area (Å²) < 4.78 is 16.8. The summed E-state index contributed by atoms with van der Waals surface area (Å²) in [7, 11) is 3.41. The maximum atomic E-state index is 9.98. The van der Waals surface area contributed by atoms with Crippen LogP contribution in [0.4, 0.5) is 5.69 Å². The van der Waals surface area contributed by atoms with Gasteiger partial charge in [-0.25, -0.2) is 0 Å². The molecule has 1 aromatic carbocycles. The fraction of sp³-hybridized carbons (Fsp3) is 0.500. The predicted octanol–water partition coefficient (Wildman–Crippen LogP) is 1.88. The van der Waals surface area contributed by atoms with Gasteiger partial charge in [0.05, 0.1) is 32.2 Å². The minimum absolute atomic E-state index is 0.179. The molecule has 33 heavy (non-hydrogen) atoms. The quantitative estimate of drug-likeness (QED) is 0.347. The first-order chi connectivity index (χ1) is 16.0. The van der Waals surface area contributed by atoms with E-state index in [4.69, 9.17) is 19.2 Å². The zero-order chi connectivity index (χ0) is 23.6. The molecule has 180 valence electrons. The first-order valence-electron chi connectivity index (χ1n) is 11.3. The second-order valence-electron chi connectivity index (χ2n) is 8.19. The van der Waals surface area contributed by atoms with Gasteiger partial charge in [0.1, 0.15) is 24.2 Å². The van der Waals surface area contributed by atoms with Crippen LogP contribution in [0.2, 0.25) is 0 Å². The Morgan fingerprint density at radius 3 is 2.67 bits per heavy atom. The van der Waals surface area contributed by atoms with Crippen LogP contribution in [0.3, 0.4) is 0 Å². The molecule has 9 nitrogen and oxygen atoms in total. The summed E-state index contributed by atoms with van der Waals surface area (Å²) >= 11 is 0. The van der Waals surface area contributed by atoms with Crippen molar-refractivity contribution in [3.63, 3.8) is 0 Å². The molecule has 1 aliphatic heterocycles. The number of nitrogens with zero attached hydrogens (tertiary/aromatic N) is 3. The number of hydrogen-bond donors (Lipinski definition) is 3. The van der Waals surface area contributed by atoms with Gasteiger partial charge in [-0.15, -0.1) is 0 Å². The van der Waals surface area contributed by atoms with E-state index in [1.807, 2.05) is 38.4 Å². The van der Waals surface area contributed by atoms with Crippen molar-refractivity contribution in [1.29, 1.82) is 0 Å². The molecule has 1 fully saturated rings. The van der Waals surface area contributed by atoms with E-state index in [9.17, 15) is 5.11 Å². The molecular weight excluding hydrogens is 422 g/mol. The standard InChI is InChI=1S/C24H35N5O4/c1-17(2)28-27-14-19-13-26-23(12-24(19)29-5-7-32-8-6-29)18-9-21(31-4)11-22(10-18)33-16-20(30)15-25-3/h9-14,17,20,25,28,30H,5-8,15-16H2,1-4H3/b27-14-/t20-/m0/s1. The fourth-order valence-electron chi connectivity index (χ4n) is 3.45. The SMILES string of the molecule is CNC[C@H](O)COc1cc(OC)cc(-c2cc(N3CCOCC3)c(/C=N\NC(C)C)cn2)c1. The number of pyridine rings is 1. The number of ether oxygens (including phenoxy) is 3. The topological polar surface area (TPSA) is 100 Å². The summed E-state index contributed by atoms with van der Waals surface area (Å²) in [5.41, 5.74) is 6.71. The lowest BCUT2D eigenvalue weighted by atomic mass is 10.1. The lowest BCUT2D eigenvalue weighted by Gasteiger charge is -2.30. The predicted molar refractivity (Wildman–Crippen MR) is 131 cm³/mol. The molecule has 3 rings (SSSR count). The number of anilines is 1. The smallest absolute Gasteiger partial charge is 0.123 e. The Morgan fingerprint density at radius 2 is 1.97 bits per heavy atom. The lowest BCUT2D eigenvalue weighted by molar-refractivity contribution is 0.108. The van der Waals surface area contributed by atoms with E-state index < -0.39 is 6.10 Å². The lowest BCUT2D eigenvalue weighted by Crippen LogP contribution is -2.36. The number of rotatable bonds is 11. The summed E-state index contributed by atoms with van der Waals surface area (Å²) in [5, 5.41) is 17.3. The van der Waals surface area contributed by atoms with Gasteiger partial charge in [0.15, 0.2) is 0 Å². The number of aliphatic hydroxyl groups excluding tert-OH is 1. The third kappa shape index (κ3) is 7.31. The first kappa shape index (κ1) is 24.8. The highest BCUT2D eigenvalue weighted by Gasteiger charge is 2.17. The van der Waals surface area contributed by atoms with Gasteiger partial charge >= 0.3 is 0 Å². The Kier molecular flexibility index (Phi) is 9.29. The van der Waals surface area contributed by atoms with Gasteiger partial charge in [-0.2, -0.15) is 5.10 Å². The molecule has 3 N–H and O–H groups in total. The molecule has 0 aliphatic carbocycles. The van der Waals surface area contributed by atoms with E-state index in [2.05, 4.69) is 26.8 Å². The number of likely N-dealkylation sites (N-methyl/N-ethyl adjacent to an activating group) is 1. The number of benzene rings is 1. The maximum absolute atomic E-state index is 9.98. The largest absolute Gasteiger partial charge is 0.497 e. The molecule has 0 bridgehead atoms. The number of nitrogens with one attached hydrogen (secondary N) is 2. The van der Waals surface area contributed by atoms with Gasteiger partial charge in [0, 0.05) is 54.8 Å². The Labute approximate surface area is 195 Å². The second kappa shape index (κ2) is 12.4. The monoisotopic (exact) mass is 457 g/mol. The van der Waals surface area contributed by atoms with Gasteiger partial charge in [-0.3, -0.25) is 4.98 Å². The molecule has 2 aromatic rings. The summed E-state index contributed by atoms with van der Waals surface area (Å²) in [4.78, 5) is 6.98. The Morgan fingerprint density at radius 1 is 1.21 bits per heavy atom. The minimum atomic E-state index is -0.603. The van der Waals surface area contributed by atoms with E-state index in [1.165, 1.54) is 0 Å². The Bertz CT molecular complexity index is 916. The third-order valence-corrected chi connectivity index (χ3v) is 5.09. The van der Waals surface area contributed by atoms with Crippen molar-refractivity contribution >= 4 is 11.9 Å². The first-order valence-corrected chi connectivity index (χ1v) is 11.3. The van der Waals surface area contributed by atoms with Crippen LogP contribution in [0.15, 0.2) is 35.6 Å². The van der Waals surface area contributed by atoms with E-state index in [0.29, 0.717) is 31.3 Å². The third-order valence-electron chi connectivity index (χ3n) is 5.09. The maximum Gasteiger partial charge on any atom is 0.123 e. The Balaban J connectivity index is 1.92. The molecule has 0 radical (unpaired) electrons. The molecular formula is C24H35N5O4. The average molecular weight is 458 g/mol. The molecule has 1 saturated heterocycles. The van der Waals surface area contributed by atoms with E-state index in [0.717, 1.165) is 35.6 Å². The summed E-state index contributed by atoms with van der Waals surface area (Å²) in [5.74, 6) is 1.27. The molecule has 1 aromatic heterocycles. The van der Waals surface area contributed by atoms with Crippen LogP contribution in [0.25, 0.3) is 11.3 Å². The Hall–Kier alpha value is -2.88. The van der Waals surface area contributed by atoms with Crippen LogP contribution in [0, 0.1) is 0 Å². The van der Waals surface area contributed by atoms with Crippen molar-refractivity contribution in [2.45, 2.75) is 26.0 Å². The molecule has 9 heteroatoms. The van der Waals surface area contributed by atoms with Crippen molar-refractivity contribution in [2.24, 2.45) is 5.10 Å². The normalized spacial score (nSPS) is 15.2. The van der Waals surface area contributed by atoms with E-state index in [1.54, 1.807) is 20.2 Å². The zero-order valence-electron chi connectivity index (χ0n) is 19.9. The van der Waals surface area contributed by atoms with Crippen molar-refractivity contribution in [3.8, 4) is 22.8 Å². The zero-order valence-corrected chi connectivity index (χ0v) is 19.9. The average Bonchev–Trinajstić information content (AvgIpc) is 2.83. The molecule has 0 unspecified atom stereocenters. The van der Waals surface area contributed by atoms with Crippen LogP contribution < -0.4 is 25.1 Å². The van der Waals surface area contributed by atoms with E-state index in [-0.39, 0.29) is 12.6 Å². The summed E-state index contributed by atoms with van der Waals surface area (Å²) in [6.07, 6.45) is 3.04. The van der Waals surface area contributed by atoms with Gasteiger partial charge in [-0.05, 0) is 39.1 Å². The van der Waals surface area contributed by atoms with Gasteiger partial charge in [-0.1, -0.05) is 0 Å². The highest BCUT2D eigenvalue weighted by Crippen LogP contribution is 2.32. The summed E-state index contributed by atoms with van der Waals surface area (Å²) in [6.45, 7) is 7.70. The van der Waals surface area contributed by atoms with Crippen LogP contribution >= 0.6 is 0 Å². The van der Waals surface area contributed by atoms with Crippen molar-refractivity contribution in [2.75, 3.05) is 58.5 Å². The molecule has 0 spiro atoms. The van der Waals surface area contributed by atoms with Crippen LogP contribution in [-0.4, -0.2) is 82.1 Å². The van der Waals surface area contributed by atoms with Gasteiger partial charge < -0.3 is 35.0 Å². The number of aliphatic hydroxyl groups is 1. The minimum Gasteiger partial charge on any atom is -0.497 e. The number of aromatic nitrogens is 1. The van der Waals surface area contributed by atoms with Gasteiger partial charge in [0.2, 0.25) is 0 Å². The fourth-order valence-corrected chi connectivity index (χ4v) is 3.45. The van der Waals surface area contributed by atoms with Crippen LogP contribution in [0.5, 0.6) is 11.5 Å². The molecule has 1 aliphatic rings. The van der Waals surface area contributed by atoms with Crippen molar-refractivity contribution < 1.29 is 19.3 Å². The van der Waals surface area contributed by atoms with Gasteiger partial charge in [0.25, 0.3) is 0 Å². The van der Waals surface area contributed by atoms with Crippen molar-refractivity contribution in [1.82, 2.24) is 15.7 Å². The van der Waals surface area contributed by atoms with Crippen LogP contribution in [0.1, 0.15) is 19.4 Å². The number of hydrazone groups is 1. The molecule has 1 atom stereocenters. The second-order valence-corrected chi connectivity index (χ2v) is 8.19. The number of methoxy groups -OCH3 is 1. The van der Waals surface area contributed by atoms with Crippen molar-refractivity contribution in [3.05, 3.63) is 36.0 Å². The molecule has 0 saturated carbocycles. The highest BCUT2D eigenvalue weighted by molar-refractivity contribution is 5.89. The number of morpholine rings is 1.